The van der Waals surface area contributed by atoms with Gasteiger partial charge in [-0.05, 0) is 37.1 Å². The lowest BCUT2D eigenvalue weighted by Gasteiger charge is -2.26. The average Bonchev–Trinajstić information content (AvgIpc) is 2.84. The number of halogens is 2. The quantitative estimate of drug-likeness (QED) is 0.898. The van der Waals surface area contributed by atoms with E-state index in [2.05, 4.69) is 12.2 Å². The predicted molar refractivity (Wildman–Crippen MR) is 74.9 cm³/mol. The lowest BCUT2D eigenvalue weighted by atomic mass is 9.76. The van der Waals surface area contributed by atoms with Crippen molar-refractivity contribution < 1.29 is 9.18 Å². The summed E-state index contributed by atoms with van der Waals surface area (Å²) >= 11 is 5.65. The Morgan fingerprint density at radius 1 is 1.53 bits per heavy atom. The zero-order valence-electron chi connectivity index (χ0n) is 11.1. The third kappa shape index (κ3) is 3.15. The summed E-state index contributed by atoms with van der Waals surface area (Å²) in [5, 5.41) is 3.37. The van der Waals surface area contributed by atoms with E-state index in [4.69, 9.17) is 11.6 Å². The molecule has 0 radical (unpaired) electrons. The molecule has 1 unspecified atom stereocenters. The molecule has 1 saturated heterocycles. The van der Waals surface area contributed by atoms with E-state index >= 15 is 0 Å². The SMILES string of the molecule is CCCC1(C(=O)Cc2ccc(Cl)c(F)c2)CCNC1. The van der Waals surface area contributed by atoms with Crippen LogP contribution in [0.1, 0.15) is 31.7 Å². The second-order valence-electron chi connectivity index (χ2n) is 5.31. The Labute approximate surface area is 118 Å². The fourth-order valence-electron chi connectivity index (χ4n) is 2.84. The van der Waals surface area contributed by atoms with Gasteiger partial charge in [0.25, 0.3) is 0 Å². The van der Waals surface area contributed by atoms with Crippen molar-refractivity contribution in [2.75, 3.05) is 13.1 Å². The summed E-state index contributed by atoms with van der Waals surface area (Å²) in [6.07, 6.45) is 3.06. The Bertz CT molecular complexity index is 469. The molecule has 0 aromatic heterocycles. The van der Waals surface area contributed by atoms with Gasteiger partial charge in [-0.3, -0.25) is 4.79 Å². The number of hydrogen-bond acceptors (Lipinski definition) is 2. The van der Waals surface area contributed by atoms with Crippen LogP contribution in [0.25, 0.3) is 0 Å². The summed E-state index contributed by atoms with van der Waals surface area (Å²) in [5.41, 5.74) is 0.444. The molecule has 1 fully saturated rings. The van der Waals surface area contributed by atoms with E-state index in [1.54, 1.807) is 6.07 Å². The summed E-state index contributed by atoms with van der Waals surface area (Å²) in [7, 11) is 0. The van der Waals surface area contributed by atoms with E-state index in [0.717, 1.165) is 32.4 Å². The summed E-state index contributed by atoms with van der Waals surface area (Å²) in [5.74, 6) is -0.248. The van der Waals surface area contributed by atoms with Gasteiger partial charge in [-0.2, -0.15) is 0 Å². The first-order valence-electron chi connectivity index (χ1n) is 6.75. The van der Waals surface area contributed by atoms with Crippen LogP contribution in [0.2, 0.25) is 5.02 Å². The van der Waals surface area contributed by atoms with Gasteiger partial charge in [0.15, 0.2) is 0 Å². The van der Waals surface area contributed by atoms with Crippen molar-refractivity contribution in [1.82, 2.24) is 5.32 Å². The molecule has 0 spiro atoms. The van der Waals surface area contributed by atoms with Gasteiger partial charge >= 0.3 is 0 Å². The molecule has 1 heterocycles. The number of Topliss-reactive ketones (excluding diaryl/α,β-unsaturated/α-hetero) is 1. The van der Waals surface area contributed by atoms with E-state index in [1.165, 1.54) is 12.1 Å². The highest BCUT2D eigenvalue weighted by Gasteiger charge is 2.39. The van der Waals surface area contributed by atoms with E-state index in [9.17, 15) is 9.18 Å². The molecule has 0 amide bonds. The average molecular weight is 284 g/mol. The highest BCUT2D eigenvalue weighted by molar-refractivity contribution is 6.30. The highest BCUT2D eigenvalue weighted by atomic mass is 35.5. The van der Waals surface area contributed by atoms with Gasteiger partial charge in [0.05, 0.1) is 5.02 Å². The maximum atomic E-state index is 13.4. The lowest BCUT2D eigenvalue weighted by molar-refractivity contribution is -0.127. The molecule has 0 saturated carbocycles. The molecule has 1 aliphatic rings. The maximum absolute atomic E-state index is 13.4. The van der Waals surface area contributed by atoms with Crippen molar-refractivity contribution >= 4 is 17.4 Å². The van der Waals surface area contributed by atoms with Crippen LogP contribution in [-0.4, -0.2) is 18.9 Å². The van der Waals surface area contributed by atoms with E-state index < -0.39 is 5.82 Å². The fraction of sp³-hybridized carbons (Fsp3) is 0.533. The number of carbonyl (C=O) groups is 1. The molecule has 1 aromatic rings. The monoisotopic (exact) mass is 283 g/mol. The van der Waals surface area contributed by atoms with E-state index in [1.807, 2.05) is 0 Å². The number of benzene rings is 1. The normalized spacial score (nSPS) is 22.7. The number of carbonyl (C=O) groups excluding carboxylic acids is 1. The second-order valence-corrected chi connectivity index (χ2v) is 5.71. The van der Waals surface area contributed by atoms with Gasteiger partial charge in [0, 0.05) is 18.4 Å². The van der Waals surface area contributed by atoms with Crippen LogP contribution in [0.4, 0.5) is 4.39 Å². The molecular weight excluding hydrogens is 265 g/mol. The van der Waals surface area contributed by atoms with E-state index in [0.29, 0.717) is 5.56 Å². The number of rotatable bonds is 5. The first kappa shape index (κ1) is 14.5. The Kier molecular flexibility index (Phi) is 4.58. The van der Waals surface area contributed by atoms with Crippen LogP contribution < -0.4 is 5.32 Å². The molecule has 1 aliphatic heterocycles. The van der Waals surface area contributed by atoms with Gasteiger partial charge < -0.3 is 5.32 Å². The topological polar surface area (TPSA) is 29.1 Å². The fourth-order valence-corrected chi connectivity index (χ4v) is 2.95. The van der Waals surface area contributed by atoms with Crippen LogP contribution in [0.5, 0.6) is 0 Å². The van der Waals surface area contributed by atoms with Crippen molar-refractivity contribution in [3.8, 4) is 0 Å². The molecular formula is C15H19ClFNO. The van der Waals surface area contributed by atoms with Crippen LogP contribution >= 0.6 is 11.6 Å². The molecule has 4 heteroatoms. The van der Waals surface area contributed by atoms with Crippen molar-refractivity contribution in [2.24, 2.45) is 5.41 Å². The Morgan fingerprint density at radius 2 is 2.32 bits per heavy atom. The molecule has 2 nitrogen and oxygen atoms in total. The molecule has 2 rings (SSSR count). The summed E-state index contributed by atoms with van der Waals surface area (Å²) in [6.45, 7) is 3.73. The smallest absolute Gasteiger partial charge is 0.144 e. The Balaban J connectivity index is 2.12. The van der Waals surface area contributed by atoms with Crippen molar-refractivity contribution in [3.05, 3.63) is 34.6 Å². The van der Waals surface area contributed by atoms with Gasteiger partial charge in [0.1, 0.15) is 11.6 Å². The summed E-state index contributed by atoms with van der Waals surface area (Å²) in [4.78, 5) is 12.5. The first-order chi connectivity index (χ1) is 9.07. The molecule has 0 bridgehead atoms. The number of hydrogen-bond donors (Lipinski definition) is 1. The van der Waals surface area contributed by atoms with E-state index in [-0.39, 0.29) is 22.6 Å². The predicted octanol–water partition coefficient (Wildman–Crippen LogP) is 3.37. The Morgan fingerprint density at radius 3 is 2.89 bits per heavy atom. The largest absolute Gasteiger partial charge is 0.316 e. The maximum Gasteiger partial charge on any atom is 0.144 e. The Hall–Kier alpha value is -0.930. The van der Waals surface area contributed by atoms with Gasteiger partial charge in [-0.25, -0.2) is 4.39 Å². The van der Waals surface area contributed by atoms with Gasteiger partial charge in [-0.15, -0.1) is 0 Å². The number of ketones is 1. The van der Waals surface area contributed by atoms with Gasteiger partial charge in [-0.1, -0.05) is 31.0 Å². The molecule has 1 aromatic carbocycles. The van der Waals surface area contributed by atoms with Crippen LogP contribution in [-0.2, 0) is 11.2 Å². The third-order valence-corrected chi connectivity index (χ3v) is 4.22. The molecule has 19 heavy (non-hydrogen) atoms. The second kappa shape index (κ2) is 6.02. The minimum absolute atomic E-state index is 0.0991. The summed E-state index contributed by atoms with van der Waals surface area (Å²) in [6, 6.07) is 4.60. The molecule has 1 atom stereocenters. The minimum atomic E-state index is -0.457. The molecule has 1 N–H and O–H groups in total. The van der Waals surface area contributed by atoms with Crippen molar-refractivity contribution in [1.29, 1.82) is 0 Å². The zero-order chi connectivity index (χ0) is 13.9. The number of nitrogens with one attached hydrogen (secondary N) is 1. The third-order valence-electron chi connectivity index (χ3n) is 3.91. The highest BCUT2D eigenvalue weighted by Crippen LogP contribution is 2.33. The van der Waals surface area contributed by atoms with Crippen LogP contribution in [0.3, 0.4) is 0 Å². The lowest BCUT2D eigenvalue weighted by Crippen LogP contribution is -2.34. The standard InChI is InChI=1S/C15H19ClFNO/c1-2-5-15(6-7-18-10-15)14(19)9-11-3-4-12(16)13(17)8-11/h3-4,8,18H,2,5-7,9-10H2,1H3. The first-order valence-corrected chi connectivity index (χ1v) is 7.13. The zero-order valence-corrected chi connectivity index (χ0v) is 11.9. The molecule has 0 aliphatic carbocycles. The van der Waals surface area contributed by atoms with Crippen molar-refractivity contribution in [3.63, 3.8) is 0 Å². The minimum Gasteiger partial charge on any atom is -0.316 e. The summed E-state index contributed by atoms with van der Waals surface area (Å²) < 4.78 is 13.4. The van der Waals surface area contributed by atoms with Gasteiger partial charge in [0.2, 0.25) is 0 Å². The molecule has 104 valence electrons. The van der Waals surface area contributed by atoms with Crippen molar-refractivity contribution in [2.45, 2.75) is 32.6 Å². The van der Waals surface area contributed by atoms with Crippen LogP contribution in [0, 0.1) is 11.2 Å². The van der Waals surface area contributed by atoms with Crippen LogP contribution in [0.15, 0.2) is 18.2 Å².